The summed E-state index contributed by atoms with van der Waals surface area (Å²) >= 11 is 9.60. The molecule has 5 nitrogen and oxygen atoms in total. The Bertz CT molecular complexity index is 1010. The fraction of sp³-hybridized carbons (Fsp3) is 0.0909. The van der Waals surface area contributed by atoms with Gasteiger partial charge >= 0.3 is 0 Å². The van der Waals surface area contributed by atoms with Crippen LogP contribution in [0.25, 0.3) is 0 Å². The maximum atomic E-state index is 12.0. The van der Waals surface area contributed by atoms with Crippen LogP contribution < -0.4 is 10.2 Å². The number of aliphatic hydroxyl groups is 1. The van der Waals surface area contributed by atoms with E-state index in [0.29, 0.717) is 22.9 Å². The largest absolute Gasteiger partial charge is 0.488 e. The molecule has 0 heterocycles. The zero-order chi connectivity index (χ0) is 20.6. The molecule has 1 atom stereocenters. The zero-order valence-electron chi connectivity index (χ0n) is 15.3. The predicted molar refractivity (Wildman–Crippen MR) is 117 cm³/mol. The van der Waals surface area contributed by atoms with Crippen LogP contribution in [-0.4, -0.2) is 17.2 Å². The predicted octanol–water partition coefficient (Wildman–Crippen LogP) is 4.87. The highest BCUT2D eigenvalue weighted by Crippen LogP contribution is 2.27. The average Bonchev–Trinajstić information content (AvgIpc) is 2.74. The van der Waals surface area contributed by atoms with E-state index in [0.717, 1.165) is 15.6 Å². The van der Waals surface area contributed by atoms with Gasteiger partial charge in [0, 0.05) is 10.6 Å². The Hall–Kier alpha value is -2.67. The molecule has 0 fully saturated rings. The summed E-state index contributed by atoms with van der Waals surface area (Å²) in [6, 6.07) is 21.6. The molecule has 3 rings (SSSR count). The first-order valence-corrected chi connectivity index (χ1v) is 9.93. The van der Waals surface area contributed by atoms with Gasteiger partial charge in [-0.05, 0) is 51.3 Å². The Balaban J connectivity index is 1.57. The number of hydrazone groups is 1. The summed E-state index contributed by atoms with van der Waals surface area (Å²) in [4.78, 5) is 12.0. The van der Waals surface area contributed by atoms with Crippen molar-refractivity contribution in [2.75, 3.05) is 0 Å². The van der Waals surface area contributed by atoms with Crippen molar-refractivity contribution in [2.45, 2.75) is 12.7 Å². The molecule has 0 radical (unpaired) electrons. The van der Waals surface area contributed by atoms with Crippen LogP contribution in [0, 0.1) is 0 Å². The number of ether oxygens (including phenoxy) is 1. The monoisotopic (exact) mass is 472 g/mol. The summed E-state index contributed by atoms with van der Waals surface area (Å²) in [6.45, 7) is 0.346. The number of aliphatic hydroxyl groups excluding tert-OH is 1. The summed E-state index contributed by atoms with van der Waals surface area (Å²) in [5.41, 5.74) is 4.48. The van der Waals surface area contributed by atoms with Gasteiger partial charge < -0.3 is 9.84 Å². The second-order valence-electron chi connectivity index (χ2n) is 6.12. The molecule has 7 heteroatoms. The van der Waals surface area contributed by atoms with Crippen LogP contribution in [0.2, 0.25) is 5.02 Å². The van der Waals surface area contributed by atoms with Gasteiger partial charge in [0.05, 0.1) is 10.7 Å². The minimum Gasteiger partial charge on any atom is -0.488 e. The number of halogens is 2. The van der Waals surface area contributed by atoms with Crippen molar-refractivity contribution in [3.8, 4) is 5.75 Å². The van der Waals surface area contributed by atoms with Gasteiger partial charge in [0.25, 0.3) is 5.91 Å². The number of carbonyl (C=O) groups is 1. The first-order chi connectivity index (χ1) is 14.0. The highest BCUT2D eigenvalue weighted by molar-refractivity contribution is 9.10. The molecule has 3 aromatic rings. The number of nitrogens with one attached hydrogen (secondary N) is 1. The number of rotatable bonds is 7. The molecule has 0 bridgehead atoms. The van der Waals surface area contributed by atoms with Gasteiger partial charge in [0.15, 0.2) is 6.10 Å². The van der Waals surface area contributed by atoms with Crippen LogP contribution in [0.3, 0.4) is 0 Å². The fourth-order valence-corrected chi connectivity index (χ4v) is 3.20. The van der Waals surface area contributed by atoms with Crippen LogP contribution in [0.4, 0.5) is 0 Å². The number of benzene rings is 3. The lowest BCUT2D eigenvalue weighted by Gasteiger charge is -2.10. The Morgan fingerprint density at radius 3 is 2.59 bits per heavy atom. The topological polar surface area (TPSA) is 70.9 Å². The maximum Gasteiger partial charge on any atom is 0.273 e. The minimum atomic E-state index is -1.28. The van der Waals surface area contributed by atoms with Gasteiger partial charge in [-0.15, -0.1) is 0 Å². The van der Waals surface area contributed by atoms with E-state index in [1.54, 1.807) is 36.4 Å². The number of carbonyl (C=O) groups excluding carboxylic acids is 1. The van der Waals surface area contributed by atoms with E-state index in [4.69, 9.17) is 16.3 Å². The zero-order valence-corrected chi connectivity index (χ0v) is 17.6. The van der Waals surface area contributed by atoms with Gasteiger partial charge in [0.2, 0.25) is 0 Å². The SMILES string of the molecule is O=C(N/N=C\c1ccc(OCc2ccccc2Cl)c(Br)c1)[C@@H](O)c1ccccc1. The number of amides is 1. The molecule has 0 saturated heterocycles. The van der Waals surface area contributed by atoms with Crippen molar-refractivity contribution in [1.82, 2.24) is 5.43 Å². The van der Waals surface area contributed by atoms with E-state index in [9.17, 15) is 9.90 Å². The third-order valence-corrected chi connectivity index (χ3v) is 5.04. The van der Waals surface area contributed by atoms with Gasteiger partial charge in [-0.1, -0.05) is 60.1 Å². The van der Waals surface area contributed by atoms with Crippen molar-refractivity contribution in [1.29, 1.82) is 0 Å². The molecule has 0 unspecified atom stereocenters. The van der Waals surface area contributed by atoms with Gasteiger partial charge in [-0.25, -0.2) is 5.43 Å². The van der Waals surface area contributed by atoms with Crippen molar-refractivity contribution < 1.29 is 14.6 Å². The lowest BCUT2D eigenvalue weighted by atomic mass is 10.1. The molecule has 1 amide bonds. The molecule has 0 aliphatic carbocycles. The molecule has 3 aromatic carbocycles. The van der Waals surface area contributed by atoms with Crippen molar-refractivity contribution in [2.24, 2.45) is 5.10 Å². The van der Waals surface area contributed by atoms with Crippen LogP contribution >= 0.6 is 27.5 Å². The van der Waals surface area contributed by atoms with Crippen LogP contribution in [0.15, 0.2) is 82.4 Å². The first kappa shape index (κ1) is 21.0. The molecule has 29 heavy (non-hydrogen) atoms. The first-order valence-electron chi connectivity index (χ1n) is 8.76. The lowest BCUT2D eigenvalue weighted by Crippen LogP contribution is -2.25. The van der Waals surface area contributed by atoms with E-state index in [-0.39, 0.29) is 0 Å². The van der Waals surface area contributed by atoms with Crippen LogP contribution in [-0.2, 0) is 11.4 Å². The summed E-state index contributed by atoms with van der Waals surface area (Å²) in [5.74, 6) is 0.0526. The Morgan fingerprint density at radius 2 is 1.86 bits per heavy atom. The van der Waals surface area contributed by atoms with E-state index >= 15 is 0 Å². The van der Waals surface area contributed by atoms with Gasteiger partial charge in [0.1, 0.15) is 12.4 Å². The van der Waals surface area contributed by atoms with E-state index in [1.807, 2.05) is 36.4 Å². The third-order valence-electron chi connectivity index (χ3n) is 4.05. The highest BCUT2D eigenvalue weighted by Gasteiger charge is 2.16. The van der Waals surface area contributed by atoms with Crippen molar-refractivity contribution >= 4 is 39.7 Å². The number of hydrogen-bond acceptors (Lipinski definition) is 4. The summed E-state index contributed by atoms with van der Waals surface area (Å²) in [5, 5.41) is 14.6. The molecule has 0 aliphatic rings. The quantitative estimate of drug-likeness (QED) is 0.380. The summed E-state index contributed by atoms with van der Waals surface area (Å²) in [7, 11) is 0. The smallest absolute Gasteiger partial charge is 0.273 e. The molecule has 148 valence electrons. The van der Waals surface area contributed by atoms with E-state index in [2.05, 4.69) is 26.5 Å². The molecule has 0 aliphatic heterocycles. The Labute approximate surface area is 182 Å². The third kappa shape index (κ3) is 5.90. The number of hydrogen-bond donors (Lipinski definition) is 2. The fourth-order valence-electron chi connectivity index (χ4n) is 2.50. The van der Waals surface area contributed by atoms with Crippen molar-refractivity contribution in [3.05, 3.63) is 99.0 Å². The van der Waals surface area contributed by atoms with Crippen LogP contribution in [0.1, 0.15) is 22.8 Å². The van der Waals surface area contributed by atoms with E-state index in [1.165, 1.54) is 6.21 Å². The number of nitrogens with zero attached hydrogens (tertiary/aromatic N) is 1. The minimum absolute atomic E-state index is 0.346. The maximum absolute atomic E-state index is 12.0. The standard InChI is InChI=1S/C22H18BrClN2O3/c23-18-12-15(10-11-20(18)29-14-17-8-4-5-9-19(17)24)13-25-26-22(28)21(27)16-6-2-1-3-7-16/h1-13,21,27H,14H2,(H,26,28)/b25-13-/t21-/m0/s1. The van der Waals surface area contributed by atoms with Crippen molar-refractivity contribution in [3.63, 3.8) is 0 Å². The molecular formula is C22H18BrClN2O3. The summed E-state index contributed by atoms with van der Waals surface area (Å²) < 4.78 is 6.54. The molecule has 0 saturated carbocycles. The molecule has 2 N–H and O–H groups in total. The summed E-state index contributed by atoms with van der Waals surface area (Å²) in [6.07, 6.45) is 0.207. The normalized spacial score (nSPS) is 12.0. The molecule has 0 spiro atoms. The second-order valence-corrected chi connectivity index (χ2v) is 7.38. The highest BCUT2D eigenvalue weighted by atomic mass is 79.9. The van der Waals surface area contributed by atoms with Gasteiger partial charge in [-0.2, -0.15) is 5.10 Å². The van der Waals surface area contributed by atoms with E-state index < -0.39 is 12.0 Å². The van der Waals surface area contributed by atoms with Crippen LogP contribution in [0.5, 0.6) is 5.75 Å². The Morgan fingerprint density at radius 1 is 1.14 bits per heavy atom. The molecular weight excluding hydrogens is 456 g/mol. The molecule has 0 aromatic heterocycles. The second kappa shape index (κ2) is 10.2. The lowest BCUT2D eigenvalue weighted by molar-refractivity contribution is -0.129. The van der Waals surface area contributed by atoms with Gasteiger partial charge in [-0.3, -0.25) is 4.79 Å². The Kier molecular flexibility index (Phi) is 7.41. The average molecular weight is 474 g/mol.